The Labute approximate surface area is 162 Å². The van der Waals surface area contributed by atoms with E-state index in [4.69, 9.17) is 15.2 Å². The van der Waals surface area contributed by atoms with Gasteiger partial charge in [0.1, 0.15) is 11.5 Å². The van der Waals surface area contributed by atoms with Crippen LogP contribution in [0.1, 0.15) is 20.3 Å². The largest absolute Gasteiger partial charge is 0.497 e. The van der Waals surface area contributed by atoms with Gasteiger partial charge in [0.25, 0.3) is 0 Å². The molecule has 144 valence electrons. The molecule has 1 saturated heterocycles. The van der Waals surface area contributed by atoms with Gasteiger partial charge in [-0.3, -0.25) is 4.79 Å². The fourth-order valence-electron chi connectivity index (χ4n) is 2.67. The number of carbonyl (C=O) groups excluding carboxylic acids is 1. The molecular weight excluding hydrogens is 365 g/mol. The average molecular weight is 394 g/mol. The number of methoxy groups -OCH3 is 2. The Kier molecular flexibility index (Phi) is 9.40. The number of nitrogens with zero attached hydrogens (tertiary/aromatic N) is 1. The summed E-state index contributed by atoms with van der Waals surface area (Å²) >= 11 is 0. The van der Waals surface area contributed by atoms with Gasteiger partial charge in [-0.15, -0.1) is 24.8 Å². The van der Waals surface area contributed by atoms with Crippen molar-refractivity contribution in [3.63, 3.8) is 0 Å². The van der Waals surface area contributed by atoms with Crippen molar-refractivity contribution in [2.75, 3.05) is 38.8 Å². The van der Waals surface area contributed by atoms with Crippen LogP contribution in [0.5, 0.6) is 11.5 Å². The van der Waals surface area contributed by atoms with Crippen molar-refractivity contribution < 1.29 is 14.3 Å². The van der Waals surface area contributed by atoms with Crippen LogP contribution in [0.25, 0.3) is 0 Å². The molecule has 0 radical (unpaired) electrons. The van der Waals surface area contributed by atoms with E-state index in [1.807, 2.05) is 18.2 Å². The molecule has 1 fully saturated rings. The maximum atomic E-state index is 11.9. The molecule has 1 aliphatic heterocycles. The van der Waals surface area contributed by atoms with Gasteiger partial charge in [0.15, 0.2) is 0 Å². The molecule has 1 unspecified atom stereocenters. The molecule has 0 saturated carbocycles. The molecule has 3 N–H and O–H groups in total. The van der Waals surface area contributed by atoms with Crippen LogP contribution in [0.3, 0.4) is 0 Å². The molecule has 1 aromatic carbocycles. The van der Waals surface area contributed by atoms with E-state index in [1.165, 1.54) is 0 Å². The quantitative estimate of drug-likeness (QED) is 0.774. The van der Waals surface area contributed by atoms with Gasteiger partial charge >= 0.3 is 0 Å². The molecule has 6 nitrogen and oxygen atoms in total. The predicted octanol–water partition coefficient (Wildman–Crippen LogP) is 2.23. The predicted molar refractivity (Wildman–Crippen MR) is 106 cm³/mol. The highest BCUT2D eigenvalue weighted by molar-refractivity contribution is 5.86. The van der Waals surface area contributed by atoms with E-state index in [9.17, 15) is 4.79 Å². The Morgan fingerprint density at radius 3 is 2.28 bits per heavy atom. The molecule has 1 amide bonds. The van der Waals surface area contributed by atoms with Gasteiger partial charge in [0.05, 0.1) is 19.8 Å². The summed E-state index contributed by atoms with van der Waals surface area (Å²) in [5.74, 6) is 1.86. The van der Waals surface area contributed by atoms with Crippen LogP contribution >= 0.6 is 24.8 Å². The van der Waals surface area contributed by atoms with Gasteiger partial charge in [-0.05, 0) is 26.2 Å². The molecule has 0 aliphatic carbocycles. The SMILES string of the molecule is COc1cc(OC)cc(N2CCC(CNC(=O)C(C)(C)N)C2)c1.Cl.Cl. The van der Waals surface area contributed by atoms with E-state index in [1.54, 1.807) is 28.1 Å². The normalized spacial score (nSPS) is 16.5. The number of ether oxygens (including phenoxy) is 2. The zero-order valence-electron chi connectivity index (χ0n) is 15.2. The number of amides is 1. The van der Waals surface area contributed by atoms with E-state index >= 15 is 0 Å². The zero-order chi connectivity index (χ0) is 17.0. The lowest BCUT2D eigenvalue weighted by atomic mass is 10.1. The minimum Gasteiger partial charge on any atom is -0.497 e. The van der Waals surface area contributed by atoms with Crippen LogP contribution in [0.4, 0.5) is 5.69 Å². The molecule has 25 heavy (non-hydrogen) atoms. The maximum Gasteiger partial charge on any atom is 0.239 e. The highest BCUT2D eigenvalue weighted by atomic mass is 35.5. The Hall–Kier alpha value is -1.37. The molecule has 8 heteroatoms. The van der Waals surface area contributed by atoms with Crippen LogP contribution in [0.2, 0.25) is 0 Å². The van der Waals surface area contributed by atoms with Crippen LogP contribution in [-0.2, 0) is 4.79 Å². The number of nitrogens with one attached hydrogen (secondary N) is 1. The first-order chi connectivity index (χ1) is 10.8. The fourth-order valence-corrected chi connectivity index (χ4v) is 2.67. The minimum absolute atomic E-state index is 0. The zero-order valence-corrected chi connectivity index (χ0v) is 16.8. The molecule has 1 aliphatic rings. The second-order valence-corrected chi connectivity index (χ2v) is 6.60. The molecular formula is C17H29Cl2N3O3. The lowest BCUT2D eigenvalue weighted by Gasteiger charge is -2.22. The summed E-state index contributed by atoms with van der Waals surface area (Å²) in [5.41, 5.74) is 6.04. The smallest absolute Gasteiger partial charge is 0.239 e. The Balaban J connectivity index is 0.00000288. The number of carbonyl (C=O) groups is 1. The van der Waals surface area contributed by atoms with Crippen molar-refractivity contribution >= 4 is 36.4 Å². The molecule has 1 aromatic rings. The molecule has 1 heterocycles. The summed E-state index contributed by atoms with van der Waals surface area (Å²) in [7, 11) is 3.30. The Morgan fingerprint density at radius 1 is 1.24 bits per heavy atom. The highest BCUT2D eigenvalue weighted by Crippen LogP contribution is 2.31. The molecule has 1 atom stereocenters. The summed E-state index contributed by atoms with van der Waals surface area (Å²) in [6.45, 7) is 5.92. The lowest BCUT2D eigenvalue weighted by Crippen LogP contribution is -2.50. The average Bonchev–Trinajstić information content (AvgIpc) is 3.00. The summed E-state index contributed by atoms with van der Waals surface area (Å²) in [6, 6.07) is 5.87. The van der Waals surface area contributed by atoms with Crippen LogP contribution in [-0.4, -0.2) is 45.3 Å². The van der Waals surface area contributed by atoms with Crippen molar-refractivity contribution in [1.29, 1.82) is 0 Å². The summed E-state index contributed by atoms with van der Waals surface area (Å²) in [6.07, 6.45) is 1.03. The number of rotatable bonds is 6. The summed E-state index contributed by atoms with van der Waals surface area (Å²) < 4.78 is 10.6. The van der Waals surface area contributed by atoms with Gasteiger partial charge in [0, 0.05) is 43.5 Å². The third kappa shape index (κ3) is 6.45. The van der Waals surface area contributed by atoms with Gasteiger partial charge in [-0.1, -0.05) is 0 Å². The Bertz CT molecular complexity index is 542. The van der Waals surface area contributed by atoms with Crippen molar-refractivity contribution in [3.05, 3.63) is 18.2 Å². The van der Waals surface area contributed by atoms with E-state index in [0.29, 0.717) is 12.5 Å². The van der Waals surface area contributed by atoms with Crippen LogP contribution in [0, 0.1) is 5.92 Å². The maximum absolute atomic E-state index is 11.9. The molecule has 0 bridgehead atoms. The number of halogens is 2. The molecule has 2 rings (SSSR count). The van der Waals surface area contributed by atoms with E-state index in [-0.39, 0.29) is 30.7 Å². The van der Waals surface area contributed by atoms with E-state index in [2.05, 4.69) is 10.2 Å². The monoisotopic (exact) mass is 393 g/mol. The number of hydrogen-bond donors (Lipinski definition) is 2. The number of nitrogens with two attached hydrogens (primary N) is 1. The minimum atomic E-state index is -0.835. The summed E-state index contributed by atoms with van der Waals surface area (Å²) in [4.78, 5) is 14.1. The third-order valence-corrected chi connectivity index (χ3v) is 4.12. The topological polar surface area (TPSA) is 76.8 Å². The molecule has 0 spiro atoms. The first-order valence-corrected chi connectivity index (χ1v) is 7.88. The second kappa shape index (κ2) is 9.94. The number of hydrogen-bond acceptors (Lipinski definition) is 5. The van der Waals surface area contributed by atoms with Crippen LogP contribution < -0.4 is 25.4 Å². The van der Waals surface area contributed by atoms with E-state index < -0.39 is 5.54 Å². The first kappa shape index (κ1) is 23.6. The molecule has 0 aromatic heterocycles. The van der Waals surface area contributed by atoms with Gasteiger partial charge < -0.3 is 25.4 Å². The highest BCUT2D eigenvalue weighted by Gasteiger charge is 2.26. The summed E-state index contributed by atoms with van der Waals surface area (Å²) in [5, 5.41) is 2.94. The standard InChI is InChI=1S/C17H27N3O3.2ClH/c1-17(2,18)16(21)19-10-12-5-6-20(11-12)13-7-14(22-3)9-15(8-13)23-4;;/h7-9,12H,5-6,10-11,18H2,1-4H3,(H,19,21);2*1H. The second-order valence-electron chi connectivity index (χ2n) is 6.60. The van der Waals surface area contributed by atoms with E-state index in [0.717, 1.165) is 36.7 Å². The lowest BCUT2D eigenvalue weighted by molar-refractivity contribution is -0.125. The first-order valence-electron chi connectivity index (χ1n) is 7.88. The van der Waals surface area contributed by atoms with Gasteiger partial charge in [0.2, 0.25) is 5.91 Å². The van der Waals surface area contributed by atoms with Crippen molar-refractivity contribution in [2.24, 2.45) is 11.7 Å². The number of anilines is 1. The number of benzene rings is 1. The van der Waals surface area contributed by atoms with Gasteiger partial charge in [-0.2, -0.15) is 0 Å². The van der Waals surface area contributed by atoms with Crippen molar-refractivity contribution in [1.82, 2.24) is 5.32 Å². The third-order valence-electron chi connectivity index (χ3n) is 4.12. The van der Waals surface area contributed by atoms with Crippen molar-refractivity contribution in [2.45, 2.75) is 25.8 Å². The van der Waals surface area contributed by atoms with Crippen LogP contribution in [0.15, 0.2) is 18.2 Å². The van der Waals surface area contributed by atoms with Gasteiger partial charge in [-0.25, -0.2) is 0 Å². The Morgan fingerprint density at radius 2 is 1.80 bits per heavy atom. The fraction of sp³-hybridized carbons (Fsp3) is 0.588. The van der Waals surface area contributed by atoms with Crippen molar-refractivity contribution in [3.8, 4) is 11.5 Å².